The first-order valence-electron chi connectivity index (χ1n) is 5.43. The summed E-state index contributed by atoms with van der Waals surface area (Å²) in [7, 11) is 0. The Morgan fingerprint density at radius 3 is 1.94 bits per heavy atom. The molecular formula is C12H20F3NO. The summed E-state index contributed by atoms with van der Waals surface area (Å²) in [4.78, 5) is 10.6. The predicted molar refractivity (Wildman–Crippen MR) is 62.2 cm³/mol. The van der Waals surface area contributed by atoms with Gasteiger partial charge in [-0.25, -0.2) is 0 Å². The molecule has 0 radical (unpaired) electrons. The van der Waals surface area contributed by atoms with E-state index >= 15 is 0 Å². The van der Waals surface area contributed by atoms with E-state index in [9.17, 15) is 18.0 Å². The minimum atomic E-state index is -4.84. The fourth-order valence-corrected chi connectivity index (χ4v) is 0.889. The van der Waals surface area contributed by atoms with Gasteiger partial charge >= 0.3 is 12.1 Å². The van der Waals surface area contributed by atoms with Crippen LogP contribution in [-0.2, 0) is 4.79 Å². The molecular weight excluding hydrogens is 231 g/mol. The zero-order chi connectivity index (χ0) is 14.3. The number of carbonyl (C=O) groups is 1. The highest BCUT2D eigenvalue weighted by atomic mass is 19.4. The van der Waals surface area contributed by atoms with E-state index in [0.717, 1.165) is 0 Å². The highest BCUT2D eigenvalue weighted by molar-refractivity contribution is 5.82. The van der Waals surface area contributed by atoms with Gasteiger partial charge < -0.3 is 5.32 Å². The Labute approximate surface area is 101 Å². The molecule has 0 rings (SSSR count). The van der Waals surface area contributed by atoms with Gasteiger partial charge in [-0.1, -0.05) is 19.8 Å². The first-order chi connectivity index (χ1) is 7.61. The lowest BCUT2D eigenvalue weighted by atomic mass is 9.86. The van der Waals surface area contributed by atoms with E-state index in [-0.39, 0.29) is 0 Å². The minimum Gasteiger partial charge on any atom is -0.344 e. The van der Waals surface area contributed by atoms with Crippen LogP contribution in [0.25, 0.3) is 0 Å². The lowest BCUT2D eigenvalue weighted by Gasteiger charge is -2.27. The molecule has 0 heterocycles. The van der Waals surface area contributed by atoms with Gasteiger partial charge in [-0.2, -0.15) is 13.2 Å². The summed E-state index contributed by atoms with van der Waals surface area (Å²) in [6.45, 7) is 10.4. The van der Waals surface area contributed by atoms with Gasteiger partial charge in [0.2, 0.25) is 0 Å². The van der Waals surface area contributed by atoms with Gasteiger partial charge in [0.05, 0.1) is 0 Å². The zero-order valence-corrected chi connectivity index (χ0v) is 11.1. The third kappa shape index (κ3) is 6.88. The van der Waals surface area contributed by atoms with Crippen molar-refractivity contribution in [3.05, 3.63) is 0 Å². The van der Waals surface area contributed by atoms with Crippen molar-refractivity contribution in [2.45, 2.75) is 53.8 Å². The fourth-order valence-electron chi connectivity index (χ4n) is 0.889. The third-order valence-electron chi connectivity index (χ3n) is 2.13. The second-order valence-corrected chi connectivity index (χ2v) is 3.79. The standard InChI is InChI=1S/C10H14F3NO.C2H6/c1-5-6-9(3,4)7(2)14-8(15)10(11,12)13;1-2/h7H,1-4H3,(H,14,15);1-2H3. The molecule has 0 aliphatic carbocycles. The van der Waals surface area contributed by atoms with Gasteiger partial charge in [0.1, 0.15) is 0 Å². The van der Waals surface area contributed by atoms with Crippen LogP contribution in [0, 0.1) is 17.3 Å². The van der Waals surface area contributed by atoms with Crippen molar-refractivity contribution >= 4 is 5.91 Å². The van der Waals surface area contributed by atoms with Crippen LogP contribution in [0.3, 0.4) is 0 Å². The molecule has 1 atom stereocenters. The van der Waals surface area contributed by atoms with Crippen molar-refractivity contribution in [2.24, 2.45) is 5.41 Å². The molecule has 0 aromatic carbocycles. The molecule has 5 heteroatoms. The van der Waals surface area contributed by atoms with Crippen molar-refractivity contribution in [3.63, 3.8) is 0 Å². The van der Waals surface area contributed by atoms with Crippen LogP contribution in [0.15, 0.2) is 0 Å². The first-order valence-corrected chi connectivity index (χ1v) is 5.43. The van der Waals surface area contributed by atoms with Gasteiger partial charge in [-0.3, -0.25) is 4.79 Å². The molecule has 1 unspecified atom stereocenters. The Balaban J connectivity index is 0. The highest BCUT2D eigenvalue weighted by Gasteiger charge is 2.40. The maximum absolute atomic E-state index is 11.9. The number of hydrogen-bond donors (Lipinski definition) is 1. The third-order valence-corrected chi connectivity index (χ3v) is 2.13. The maximum Gasteiger partial charge on any atom is 0.471 e. The number of amides is 1. The van der Waals surface area contributed by atoms with Crippen LogP contribution in [0.1, 0.15) is 41.5 Å². The molecule has 0 aromatic heterocycles. The fraction of sp³-hybridized carbons (Fsp3) is 0.750. The zero-order valence-electron chi connectivity index (χ0n) is 11.1. The average Bonchev–Trinajstić information content (AvgIpc) is 2.19. The van der Waals surface area contributed by atoms with E-state index in [1.807, 2.05) is 19.2 Å². The molecule has 1 N–H and O–H groups in total. The molecule has 0 fully saturated rings. The molecule has 2 nitrogen and oxygen atoms in total. The number of halogens is 3. The van der Waals surface area contributed by atoms with Crippen LogP contribution in [0.2, 0.25) is 0 Å². The molecule has 0 aliphatic rings. The van der Waals surface area contributed by atoms with E-state index in [0.29, 0.717) is 0 Å². The summed E-state index contributed by atoms with van der Waals surface area (Å²) in [5.41, 5.74) is -0.685. The van der Waals surface area contributed by atoms with Crippen LogP contribution in [-0.4, -0.2) is 18.1 Å². The topological polar surface area (TPSA) is 29.1 Å². The molecule has 100 valence electrons. The predicted octanol–water partition coefficient (Wildman–Crippen LogP) is 3.13. The summed E-state index contributed by atoms with van der Waals surface area (Å²) >= 11 is 0. The van der Waals surface area contributed by atoms with Gasteiger partial charge in [0, 0.05) is 11.5 Å². The average molecular weight is 251 g/mol. The van der Waals surface area contributed by atoms with Crippen molar-refractivity contribution < 1.29 is 18.0 Å². The molecule has 1 amide bonds. The van der Waals surface area contributed by atoms with Crippen LogP contribution in [0.5, 0.6) is 0 Å². The van der Waals surface area contributed by atoms with Gasteiger partial charge in [-0.15, -0.1) is 5.92 Å². The van der Waals surface area contributed by atoms with Crippen molar-refractivity contribution in [1.29, 1.82) is 0 Å². The number of carbonyl (C=O) groups excluding carboxylic acids is 1. The second kappa shape index (κ2) is 7.21. The van der Waals surface area contributed by atoms with Crippen molar-refractivity contribution in [3.8, 4) is 11.8 Å². The Bertz CT molecular complexity index is 297. The van der Waals surface area contributed by atoms with E-state index in [4.69, 9.17) is 0 Å². The highest BCUT2D eigenvalue weighted by Crippen LogP contribution is 2.21. The Morgan fingerprint density at radius 2 is 1.65 bits per heavy atom. The van der Waals surface area contributed by atoms with E-state index in [2.05, 4.69) is 11.8 Å². The Kier molecular flexibility index (Phi) is 7.71. The van der Waals surface area contributed by atoms with E-state index < -0.39 is 23.5 Å². The Hall–Kier alpha value is -1.18. The number of nitrogens with one attached hydrogen (secondary N) is 1. The van der Waals surface area contributed by atoms with Crippen LogP contribution >= 0.6 is 0 Å². The summed E-state index contributed by atoms with van der Waals surface area (Å²) in [5, 5.41) is 1.88. The van der Waals surface area contributed by atoms with E-state index in [1.165, 1.54) is 6.92 Å². The van der Waals surface area contributed by atoms with Gasteiger partial charge in [0.15, 0.2) is 0 Å². The number of alkyl halides is 3. The van der Waals surface area contributed by atoms with Crippen molar-refractivity contribution in [2.75, 3.05) is 0 Å². The summed E-state index contributed by atoms with van der Waals surface area (Å²) in [6, 6.07) is -0.668. The van der Waals surface area contributed by atoms with Gasteiger partial charge in [0.25, 0.3) is 0 Å². The SMILES string of the molecule is CC.CC#CC(C)(C)C(C)NC(=O)C(F)(F)F. The normalized spacial score (nSPS) is 12.5. The lowest BCUT2D eigenvalue weighted by Crippen LogP contribution is -2.47. The molecule has 0 saturated carbocycles. The molecule has 0 bridgehead atoms. The number of hydrogen-bond acceptors (Lipinski definition) is 1. The molecule has 0 aliphatic heterocycles. The first kappa shape index (κ1) is 18.2. The van der Waals surface area contributed by atoms with Gasteiger partial charge in [-0.05, 0) is 27.7 Å². The van der Waals surface area contributed by atoms with Crippen LogP contribution in [0.4, 0.5) is 13.2 Å². The molecule has 0 spiro atoms. The summed E-state index contributed by atoms with van der Waals surface area (Å²) < 4.78 is 35.8. The quantitative estimate of drug-likeness (QED) is 0.751. The minimum absolute atomic E-state index is 0.668. The smallest absolute Gasteiger partial charge is 0.344 e. The number of rotatable bonds is 2. The lowest BCUT2D eigenvalue weighted by molar-refractivity contribution is -0.174. The molecule has 17 heavy (non-hydrogen) atoms. The summed E-state index contributed by atoms with van der Waals surface area (Å²) in [6.07, 6.45) is -4.84. The molecule has 0 aromatic rings. The second-order valence-electron chi connectivity index (χ2n) is 3.79. The van der Waals surface area contributed by atoms with E-state index in [1.54, 1.807) is 20.8 Å². The van der Waals surface area contributed by atoms with Crippen LogP contribution < -0.4 is 5.32 Å². The monoisotopic (exact) mass is 251 g/mol. The van der Waals surface area contributed by atoms with Crippen molar-refractivity contribution in [1.82, 2.24) is 5.32 Å². The summed E-state index contributed by atoms with van der Waals surface area (Å²) in [5.74, 6) is 3.44. The molecule has 0 saturated heterocycles. The Morgan fingerprint density at radius 1 is 1.24 bits per heavy atom. The largest absolute Gasteiger partial charge is 0.471 e. The maximum atomic E-state index is 11.9.